The number of hydrogen-bond acceptors (Lipinski definition) is 6. The normalized spacial score (nSPS) is 10.9. The van der Waals surface area contributed by atoms with Gasteiger partial charge in [-0.15, -0.1) is 0 Å². The average Bonchev–Trinajstić information content (AvgIpc) is 3.06. The summed E-state index contributed by atoms with van der Waals surface area (Å²) in [7, 11) is 0. The molecule has 1 N–H and O–H groups in total. The zero-order valence-corrected chi connectivity index (χ0v) is 11.1. The summed E-state index contributed by atoms with van der Waals surface area (Å²) in [5.41, 5.74) is 0.825. The zero-order chi connectivity index (χ0) is 14.1. The van der Waals surface area contributed by atoms with Crippen LogP contribution in [0.5, 0.6) is 0 Å². The Bertz CT molecular complexity index is 780. The van der Waals surface area contributed by atoms with Crippen LogP contribution in [0.4, 0.5) is 0 Å². The standard InChI is InChI=1S/C11H9ClN6O2/c1-2-20-10(19)6-3-14-18(5-6)9-7-4-13-17-8(7)15-11(12)16-9/h3-5H,2H2,1H3,(H,13,15,16,17). The van der Waals surface area contributed by atoms with Crippen molar-refractivity contribution >= 4 is 28.6 Å². The molecule has 0 amide bonds. The van der Waals surface area contributed by atoms with Gasteiger partial charge >= 0.3 is 5.97 Å². The Morgan fingerprint density at radius 1 is 1.45 bits per heavy atom. The molecule has 0 saturated heterocycles. The van der Waals surface area contributed by atoms with E-state index >= 15 is 0 Å². The van der Waals surface area contributed by atoms with E-state index in [1.807, 2.05) is 0 Å². The molecule has 0 saturated carbocycles. The van der Waals surface area contributed by atoms with Crippen LogP contribution in [0.25, 0.3) is 16.9 Å². The summed E-state index contributed by atoms with van der Waals surface area (Å²) < 4.78 is 6.33. The molecule has 0 aliphatic heterocycles. The highest BCUT2D eigenvalue weighted by atomic mass is 35.5. The Hall–Kier alpha value is -2.48. The second kappa shape index (κ2) is 4.89. The van der Waals surface area contributed by atoms with Crippen LogP contribution < -0.4 is 0 Å². The summed E-state index contributed by atoms with van der Waals surface area (Å²) in [5, 5.41) is 11.4. The highest BCUT2D eigenvalue weighted by Crippen LogP contribution is 2.19. The van der Waals surface area contributed by atoms with Gasteiger partial charge in [0.25, 0.3) is 0 Å². The third kappa shape index (κ3) is 2.10. The number of aromatic nitrogens is 6. The molecule has 0 bridgehead atoms. The number of nitrogens with zero attached hydrogens (tertiary/aromatic N) is 5. The van der Waals surface area contributed by atoms with Crippen LogP contribution in [0, 0.1) is 0 Å². The fourth-order valence-electron chi connectivity index (χ4n) is 1.73. The predicted octanol–water partition coefficient (Wildman–Crippen LogP) is 1.37. The van der Waals surface area contributed by atoms with Gasteiger partial charge in [-0.3, -0.25) is 5.10 Å². The number of rotatable bonds is 3. The van der Waals surface area contributed by atoms with Crippen LogP contribution in [-0.4, -0.2) is 42.5 Å². The molecule has 9 heteroatoms. The van der Waals surface area contributed by atoms with Crippen LogP contribution in [-0.2, 0) is 4.74 Å². The number of esters is 1. The van der Waals surface area contributed by atoms with Gasteiger partial charge in [0.2, 0.25) is 5.28 Å². The molecule has 0 aliphatic carbocycles. The van der Waals surface area contributed by atoms with E-state index in [2.05, 4.69) is 25.3 Å². The average molecular weight is 293 g/mol. The largest absolute Gasteiger partial charge is 0.462 e. The van der Waals surface area contributed by atoms with Gasteiger partial charge in [-0.25, -0.2) is 9.48 Å². The van der Waals surface area contributed by atoms with E-state index in [9.17, 15) is 4.79 Å². The first-order valence-corrected chi connectivity index (χ1v) is 6.15. The second-order valence-electron chi connectivity index (χ2n) is 3.84. The Morgan fingerprint density at radius 3 is 3.10 bits per heavy atom. The lowest BCUT2D eigenvalue weighted by atomic mass is 10.3. The van der Waals surface area contributed by atoms with Crippen LogP contribution in [0.3, 0.4) is 0 Å². The number of nitrogens with one attached hydrogen (secondary N) is 1. The number of H-pyrrole nitrogens is 1. The lowest BCUT2D eigenvalue weighted by Crippen LogP contribution is -2.04. The molecule has 0 spiro atoms. The number of carbonyl (C=O) groups is 1. The van der Waals surface area contributed by atoms with Gasteiger partial charge in [0, 0.05) is 6.20 Å². The Morgan fingerprint density at radius 2 is 2.30 bits per heavy atom. The Labute approximate surface area is 117 Å². The van der Waals surface area contributed by atoms with Crippen molar-refractivity contribution in [3.05, 3.63) is 29.4 Å². The van der Waals surface area contributed by atoms with Crippen molar-refractivity contribution in [3.63, 3.8) is 0 Å². The molecular formula is C11H9ClN6O2. The van der Waals surface area contributed by atoms with E-state index in [0.29, 0.717) is 29.0 Å². The Kier molecular flexibility index (Phi) is 3.07. The van der Waals surface area contributed by atoms with Crippen LogP contribution in [0.1, 0.15) is 17.3 Å². The first-order chi connectivity index (χ1) is 9.69. The number of carbonyl (C=O) groups excluding carboxylic acids is 1. The van der Waals surface area contributed by atoms with Crippen molar-refractivity contribution in [1.82, 2.24) is 29.9 Å². The summed E-state index contributed by atoms with van der Waals surface area (Å²) >= 11 is 5.85. The SMILES string of the molecule is CCOC(=O)c1cnn(-c2nc(Cl)nc3[nH]ncc23)c1. The minimum Gasteiger partial charge on any atom is -0.462 e. The quantitative estimate of drug-likeness (QED) is 0.578. The number of ether oxygens (including phenoxy) is 1. The first-order valence-electron chi connectivity index (χ1n) is 5.78. The number of hydrogen-bond donors (Lipinski definition) is 1. The molecule has 0 aliphatic rings. The lowest BCUT2D eigenvalue weighted by Gasteiger charge is -2.01. The van der Waals surface area contributed by atoms with Crippen molar-refractivity contribution in [1.29, 1.82) is 0 Å². The maximum atomic E-state index is 11.6. The maximum Gasteiger partial charge on any atom is 0.341 e. The van der Waals surface area contributed by atoms with E-state index < -0.39 is 5.97 Å². The molecule has 3 aromatic rings. The van der Waals surface area contributed by atoms with E-state index in [1.54, 1.807) is 13.1 Å². The summed E-state index contributed by atoms with van der Waals surface area (Å²) in [6, 6.07) is 0. The maximum absolute atomic E-state index is 11.6. The molecule has 3 rings (SSSR count). The third-order valence-electron chi connectivity index (χ3n) is 2.57. The highest BCUT2D eigenvalue weighted by molar-refractivity contribution is 6.28. The third-order valence-corrected chi connectivity index (χ3v) is 2.74. The summed E-state index contributed by atoms with van der Waals surface area (Å²) in [6.07, 6.45) is 4.48. The van der Waals surface area contributed by atoms with Crippen molar-refractivity contribution < 1.29 is 9.53 Å². The van der Waals surface area contributed by atoms with Gasteiger partial charge in [-0.05, 0) is 18.5 Å². The van der Waals surface area contributed by atoms with Gasteiger partial charge in [0.1, 0.15) is 0 Å². The van der Waals surface area contributed by atoms with Crippen LogP contribution >= 0.6 is 11.6 Å². The topological polar surface area (TPSA) is 98.6 Å². The minimum atomic E-state index is -0.442. The molecule has 3 aromatic heterocycles. The molecule has 0 unspecified atom stereocenters. The van der Waals surface area contributed by atoms with Crippen molar-refractivity contribution in [2.45, 2.75) is 6.92 Å². The molecule has 20 heavy (non-hydrogen) atoms. The Balaban J connectivity index is 2.07. The molecule has 3 heterocycles. The zero-order valence-electron chi connectivity index (χ0n) is 10.4. The highest BCUT2D eigenvalue weighted by Gasteiger charge is 2.14. The van der Waals surface area contributed by atoms with Gasteiger partial charge in [0.05, 0.1) is 30.0 Å². The van der Waals surface area contributed by atoms with Crippen LogP contribution in [0.15, 0.2) is 18.6 Å². The molecular weight excluding hydrogens is 284 g/mol. The molecule has 0 fully saturated rings. The van der Waals surface area contributed by atoms with E-state index in [-0.39, 0.29) is 5.28 Å². The van der Waals surface area contributed by atoms with Gasteiger partial charge in [-0.1, -0.05) is 0 Å². The van der Waals surface area contributed by atoms with Gasteiger partial charge < -0.3 is 4.74 Å². The number of fused-ring (bicyclic) bond motifs is 1. The van der Waals surface area contributed by atoms with E-state index in [0.717, 1.165) is 0 Å². The summed E-state index contributed by atoms with van der Waals surface area (Å²) in [4.78, 5) is 19.7. The molecule has 8 nitrogen and oxygen atoms in total. The van der Waals surface area contributed by atoms with E-state index in [1.165, 1.54) is 17.1 Å². The molecule has 0 radical (unpaired) electrons. The smallest absolute Gasteiger partial charge is 0.341 e. The molecule has 102 valence electrons. The minimum absolute atomic E-state index is 0.0601. The van der Waals surface area contributed by atoms with Crippen LogP contribution in [0.2, 0.25) is 5.28 Å². The fourth-order valence-corrected chi connectivity index (χ4v) is 1.89. The summed E-state index contributed by atoms with van der Waals surface area (Å²) in [6.45, 7) is 2.04. The number of halogens is 1. The fraction of sp³-hybridized carbons (Fsp3) is 0.182. The van der Waals surface area contributed by atoms with E-state index in [4.69, 9.17) is 16.3 Å². The number of aromatic amines is 1. The molecule has 0 aromatic carbocycles. The summed E-state index contributed by atoms with van der Waals surface area (Å²) in [5.74, 6) is -0.00774. The van der Waals surface area contributed by atoms with Gasteiger partial charge in [0.15, 0.2) is 11.5 Å². The van der Waals surface area contributed by atoms with Crippen molar-refractivity contribution in [2.24, 2.45) is 0 Å². The first kappa shape index (κ1) is 12.5. The second-order valence-corrected chi connectivity index (χ2v) is 4.18. The molecule has 0 atom stereocenters. The van der Waals surface area contributed by atoms with Crippen molar-refractivity contribution in [3.8, 4) is 5.82 Å². The van der Waals surface area contributed by atoms with Gasteiger partial charge in [-0.2, -0.15) is 20.2 Å². The predicted molar refractivity (Wildman–Crippen MR) is 69.8 cm³/mol. The monoisotopic (exact) mass is 292 g/mol. The lowest BCUT2D eigenvalue weighted by molar-refractivity contribution is 0.0526. The van der Waals surface area contributed by atoms with Crippen molar-refractivity contribution in [2.75, 3.05) is 6.61 Å².